The van der Waals surface area contributed by atoms with Gasteiger partial charge in [0.25, 0.3) is 0 Å². The summed E-state index contributed by atoms with van der Waals surface area (Å²) in [5.41, 5.74) is 0. The first kappa shape index (κ1) is 11.0. The molecule has 0 N–H and O–H groups in total. The molecule has 13 heavy (non-hydrogen) atoms. The summed E-state index contributed by atoms with van der Waals surface area (Å²) in [6.07, 6.45) is 6.27. The summed E-state index contributed by atoms with van der Waals surface area (Å²) in [5.74, 6) is 0.888. The molecular weight excluding hydrogens is 162 g/mol. The quantitative estimate of drug-likeness (QED) is 0.580. The standard InChI is InChI=1S/C11H22NO/c1-2-3-9-13-10-6-11-4-7-12-8-5-11/h11H,2-10H2,1H3. The molecule has 0 unspecified atom stereocenters. The Hall–Kier alpha value is -0.0800. The van der Waals surface area contributed by atoms with Gasteiger partial charge in [-0.25, -0.2) is 5.32 Å². The van der Waals surface area contributed by atoms with E-state index in [0.717, 1.165) is 32.2 Å². The third-order valence-electron chi connectivity index (χ3n) is 2.70. The molecule has 1 fully saturated rings. The second-order valence-electron chi connectivity index (χ2n) is 3.87. The van der Waals surface area contributed by atoms with E-state index in [1.165, 1.54) is 32.1 Å². The fraction of sp³-hybridized carbons (Fsp3) is 1.00. The molecule has 1 radical (unpaired) electrons. The second kappa shape index (κ2) is 7.34. The van der Waals surface area contributed by atoms with E-state index >= 15 is 0 Å². The van der Waals surface area contributed by atoms with Crippen LogP contribution in [0.25, 0.3) is 0 Å². The molecule has 1 aliphatic rings. The van der Waals surface area contributed by atoms with Crippen LogP contribution in [0.3, 0.4) is 0 Å². The van der Waals surface area contributed by atoms with Crippen molar-refractivity contribution in [2.75, 3.05) is 26.3 Å². The molecule has 1 aliphatic heterocycles. The van der Waals surface area contributed by atoms with Gasteiger partial charge in [-0.2, -0.15) is 0 Å². The van der Waals surface area contributed by atoms with E-state index < -0.39 is 0 Å². The van der Waals surface area contributed by atoms with Crippen molar-refractivity contribution in [1.82, 2.24) is 5.32 Å². The van der Waals surface area contributed by atoms with Crippen molar-refractivity contribution in [3.8, 4) is 0 Å². The van der Waals surface area contributed by atoms with Gasteiger partial charge in [-0.05, 0) is 31.6 Å². The molecule has 0 bridgehead atoms. The van der Waals surface area contributed by atoms with Crippen molar-refractivity contribution >= 4 is 0 Å². The number of piperidine rings is 1. The highest BCUT2D eigenvalue weighted by Gasteiger charge is 2.12. The van der Waals surface area contributed by atoms with Gasteiger partial charge in [0.05, 0.1) is 0 Å². The minimum atomic E-state index is 0.888. The van der Waals surface area contributed by atoms with Crippen LogP contribution in [0.15, 0.2) is 0 Å². The number of ether oxygens (including phenoxy) is 1. The van der Waals surface area contributed by atoms with Gasteiger partial charge in [0.15, 0.2) is 0 Å². The van der Waals surface area contributed by atoms with Gasteiger partial charge >= 0.3 is 0 Å². The van der Waals surface area contributed by atoms with Crippen LogP contribution in [0.4, 0.5) is 0 Å². The number of hydrogen-bond donors (Lipinski definition) is 0. The normalized spacial score (nSPS) is 19.2. The largest absolute Gasteiger partial charge is 0.381 e. The van der Waals surface area contributed by atoms with E-state index in [9.17, 15) is 0 Å². The zero-order chi connectivity index (χ0) is 9.36. The molecular formula is C11H22NO. The van der Waals surface area contributed by atoms with E-state index in [0.29, 0.717) is 0 Å². The van der Waals surface area contributed by atoms with E-state index in [-0.39, 0.29) is 0 Å². The number of hydrogen-bond acceptors (Lipinski definition) is 1. The average molecular weight is 184 g/mol. The molecule has 1 rings (SSSR count). The second-order valence-corrected chi connectivity index (χ2v) is 3.87. The van der Waals surface area contributed by atoms with Crippen molar-refractivity contribution < 1.29 is 4.74 Å². The number of rotatable bonds is 6. The minimum absolute atomic E-state index is 0.888. The molecule has 0 atom stereocenters. The lowest BCUT2D eigenvalue weighted by atomic mass is 9.95. The minimum Gasteiger partial charge on any atom is -0.381 e. The Balaban J connectivity index is 1.86. The highest BCUT2D eigenvalue weighted by atomic mass is 16.5. The average Bonchev–Trinajstić information content (AvgIpc) is 2.19. The first-order valence-electron chi connectivity index (χ1n) is 5.64. The monoisotopic (exact) mass is 184 g/mol. The Kier molecular flexibility index (Phi) is 6.21. The van der Waals surface area contributed by atoms with Crippen molar-refractivity contribution in [1.29, 1.82) is 0 Å². The SMILES string of the molecule is CCCCOCCC1CC[N]CC1. The van der Waals surface area contributed by atoms with Crippen LogP contribution >= 0.6 is 0 Å². The molecule has 77 valence electrons. The topological polar surface area (TPSA) is 23.3 Å². The summed E-state index contributed by atoms with van der Waals surface area (Å²) in [5, 5.41) is 4.34. The van der Waals surface area contributed by atoms with Gasteiger partial charge in [-0.1, -0.05) is 13.3 Å². The predicted molar refractivity (Wildman–Crippen MR) is 54.9 cm³/mol. The van der Waals surface area contributed by atoms with Crippen LogP contribution in [0, 0.1) is 5.92 Å². The molecule has 0 aromatic rings. The molecule has 2 heteroatoms. The van der Waals surface area contributed by atoms with E-state index in [2.05, 4.69) is 12.2 Å². The van der Waals surface area contributed by atoms with Crippen LogP contribution < -0.4 is 5.32 Å². The lowest BCUT2D eigenvalue weighted by molar-refractivity contribution is 0.112. The number of unbranched alkanes of at least 4 members (excludes halogenated alkanes) is 1. The van der Waals surface area contributed by atoms with Gasteiger partial charge in [0, 0.05) is 26.3 Å². The lowest BCUT2D eigenvalue weighted by Crippen LogP contribution is -2.23. The summed E-state index contributed by atoms with van der Waals surface area (Å²) >= 11 is 0. The molecule has 0 saturated carbocycles. The summed E-state index contributed by atoms with van der Waals surface area (Å²) in [6.45, 7) is 6.28. The third-order valence-corrected chi connectivity index (χ3v) is 2.70. The molecule has 2 nitrogen and oxygen atoms in total. The van der Waals surface area contributed by atoms with Crippen molar-refractivity contribution in [3.63, 3.8) is 0 Å². The summed E-state index contributed by atoms with van der Waals surface area (Å²) in [6, 6.07) is 0. The van der Waals surface area contributed by atoms with Gasteiger partial charge < -0.3 is 4.74 Å². The first-order valence-corrected chi connectivity index (χ1v) is 5.64. The Morgan fingerprint density at radius 2 is 2.00 bits per heavy atom. The molecule has 0 spiro atoms. The van der Waals surface area contributed by atoms with Crippen molar-refractivity contribution in [3.05, 3.63) is 0 Å². The maximum atomic E-state index is 5.55. The van der Waals surface area contributed by atoms with E-state index in [1.54, 1.807) is 0 Å². The maximum absolute atomic E-state index is 5.55. The van der Waals surface area contributed by atoms with Gasteiger partial charge in [0.1, 0.15) is 0 Å². The molecule has 0 aromatic heterocycles. The zero-order valence-corrected chi connectivity index (χ0v) is 8.80. The maximum Gasteiger partial charge on any atom is 0.0468 e. The summed E-state index contributed by atoms with van der Waals surface area (Å²) < 4.78 is 5.55. The Morgan fingerprint density at radius 3 is 2.69 bits per heavy atom. The van der Waals surface area contributed by atoms with Crippen LogP contribution in [-0.2, 0) is 4.74 Å². The highest BCUT2D eigenvalue weighted by Crippen LogP contribution is 2.16. The van der Waals surface area contributed by atoms with E-state index in [1.807, 2.05) is 0 Å². The molecule has 0 aromatic carbocycles. The molecule has 1 saturated heterocycles. The third kappa shape index (κ3) is 5.27. The first-order chi connectivity index (χ1) is 6.43. The van der Waals surface area contributed by atoms with Crippen molar-refractivity contribution in [2.24, 2.45) is 5.92 Å². The fourth-order valence-electron chi connectivity index (χ4n) is 1.69. The van der Waals surface area contributed by atoms with Gasteiger partial charge in [-0.3, -0.25) is 0 Å². The van der Waals surface area contributed by atoms with Gasteiger partial charge in [0.2, 0.25) is 0 Å². The van der Waals surface area contributed by atoms with Crippen LogP contribution in [0.2, 0.25) is 0 Å². The summed E-state index contributed by atoms with van der Waals surface area (Å²) in [7, 11) is 0. The van der Waals surface area contributed by atoms with Crippen LogP contribution in [0.1, 0.15) is 39.0 Å². The molecule has 0 aliphatic carbocycles. The van der Waals surface area contributed by atoms with Crippen LogP contribution in [0.5, 0.6) is 0 Å². The lowest BCUT2D eigenvalue weighted by Gasteiger charge is -2.21. The Morgan fingerprint density at radius 1 is 1.23 bits per heavy atom. The molecule has 1 heterocycles. The fourth-order valence-corrected chi connectivity index (χ4v) is 1.69. The Bertz CT molecular complexity index is 111. The zero-order valence-electron chi connectivity index (χ0n) is 8.80. The Labute approximate surface area is 82.0 Å². The highest BCUT2D eigenvalue weighted by molar-refractivity contribution is 4.67. The van der Waals surface area contributed by atoms with E-state index in [4.69, 9.17) is 4.74 Å². The van der Waals surface area contributed by atoms with Gasteiger partial charge in [-0.15, -0.1) is 0 Å². The molecule has 0 amide bonds. The predicted octanol–water partition coefficient (Wildman–Crippen LogP) is 2.21. The van der Waals surface area contributed by atoms with Crippen molar-refractivity contribution in [2.45, 2.75) is 39.0 Å². The smallest absolute Gasteiger partial charge is 0.0468 e. The van der Waals surface area contributed by atoms with Crippen LogP contribution in [-0.4, -0.2) is 26.3 Å². The number of nitrogens with zero attached hydrogens (tertiary/aromatic N) is 1. The summed E-state index contributed by atoms with van der Waals surface area (Å²) in [4.78, 5) is 0.